The number of hydrogen-bond acceptors (Lipinski definition) is 1. The second kappa shape index (κ2) is 12.7. The largest absolute Gasteiger partial charge is 0.418 e. The summed E-state index contributed by atoms with van der Waals surface area (Å²) in [6, 6.07) is 0. The van der Waals surface area contributed by atoms with Gasteiger partial charge < -0.3 is 4.43 Å². The van der Waals surface area contributed by atoms with Crippen LogP contribution in [0.5, 0.6) is 0 Å². The van der Waals surface area contributed by atoms with E-state index >= 15 is 0 Å². The van der Waals surface area contributed by atoms with E-state index in [4.69, 9.17) is 4.43 Å². The van der Waals surface area contributed by atoms with Crippen molar-refractivity contribution in [3.8, 4) is 0 Å². The number of unbranched alkanes of at least 4 members (excludes halogenated alkanes) is 6. The summed E-state index contributed by atoms with van der Waals surface area (Å²) in [6.45, 7) is 9.92. The van der Waals surface area contributed by atoms with Gasteiger partial charge >= 0.3 is 0 Å². The molecule has 0 amide bonds. The van der Waals surface area contributed by atoms with E-state index in [1.807, 2.05) is 0 Å². The van der Waals surface area contributed by atoms with E-state index in [1.165, 1.54) is 44.9 Å². The van der Waals surface area contributed by atoms with E-state index in [2.05, 4.69) is 50.9 Å². The molecule has 0 aliphatic heterocycles. The highest BCUT2D eigenvalue weighted by Crippen LogP contribution is 2.09. The normalized spacial score (nSPS) is 12.8. The summed E-state index contributed by atoms with van der Waals surface area (Å²) in [5, 5.41) is 0. The molecular weight excluding hydrogens is 248 g/mol. The Labute approximate surface area is 122 Å². The Kier molecular flexibility index (Phi) is 12.4. The molecule has 0 radical (unpaired) electrons. The summed E-state index contributed by atoms with van der Waals surface area (Å²) >= 11 is 0. The number of rotatable bonds is 12. The van der Waals surface area contributed by atoms with Crippen molar-refractivity contribution in [3.63, 3.8) is 0 Å². The average Bonchev–Trinajstić information content (AvgIpc) is 2.34. The molecule has 1 nitrogen and oxygen atoms in total. The standard InChI is InChI=1S/C17H34OSi/c1-5-6-7-8-9-10-11-12-13-14-15-16-17-18-19(2,3)4/h6-9H,5,10-17H2,1-4H3/b7-6+,9-8-. The summed E-state index contributed by atoms with van der Waals surface area (Å²) < 4.78 is 5.84. The zero-order chi connectivity index (χ0) is 14.4. The highest BCUT2D eigenvalue weighted by atomic mass is 28.4. The van der Waals surface area contributed by atoms with Crippen LogP contribution < -0.4 is 0 Å². The van der Waals surface area contributed by atoms with Gasteiger partial charge in [0, 0.05) is 6.61 Å². The average molecular weight is 283 g/mol. The fraction of sp³-hybridized carbons (Fsp3) is 0.765. The first-order chi connectivity index (χ1) is 9.06. The Bertz CT molecular complexity index is 238. The molecule has 112 valence electrons. The second-order valence-electron chi connectivity index (χ2n) is 6.14. The maximum Gasteiger partial charge on any atom is 0.183 e. The molecule has 0 aliphatic rings. The smallest absolute Gasteiger partial charge is 0.183 e. The van der Waals surface area contributed by atoms with Gasteiger partial charge in [-0.2, -0.15) is 0 Å². The van der Waals surface area contributed by atoms with Crippen molar-refractivity contribution in [1.29, 1.82) is 0 Å². The van der Waals surface area contributed by atoms with Crippen LogP contribution in [0, 0.1) is 0 Å². The van der Waals surface area contributed by atoms with Crippen LogP contribution in [0.1, 0.15) is 58.3 Å². The van der Waals surface area contributed by atoms with Gasteiger partial charge in [0.25, 0.3) is 0 Å². The van der Waals surface area contributed by atoms with E-state index in [0.29, 0.717) is 0 Å². The third kappa shape index (κ3) is 17.7. The lowest BCUT2D eigenvalue weighted by atomic mass is 10.1. The zero-order valence-electron chi connectivity index (χ0n) is 13.6. The van der Waals surface area contributed by atoms with Gasteiger partial charge in [-0.1, -0.05) is 56.9 Å². The molecule has 0 spiro atoms. The van der Waals surface area contributed by atoms with Crippen molar-refractivity contribution in [2.45, 2.75) is 77.9 Å². The Morgan fingerprint density at radius 3 is 2.00 bits per heavy atom. The van der Waals surface area contributed by atoms with Gasteiger partial charge in [0.1, 0.15) is 0 Å². The molecule has 0 rings (SSSR count). The van der Waals surface area contributed by atoms with Crippen molar-refractivity contribution < 1.29 is 4.43 Å². The molecule has 2 heteroatoms. The second-order valence-corrected chi connectivity index (χ2v) is 10.6. The van der Waals surface area contributed by atoms with Crippen LogP contribution in [-0.2, 0) is 4.43 Å². The molecule has 0 unspecified atom stereocenters. The predicted molar refractivity (Wildman–Crippen MR) is 90.2 cm³/mol. The fourth-order valence-corrected chi connectivity index (χ4v) is 2.60. The van der Waals surface area contributed by atoms with Crippen LogP contribution >= 0.6 is 0 Å². The quantitative estimate of drug-likeness (QED) is 0.239. The predicted octanol–water partition coefficient (Wildman–Crippen LogP) is 6.09. The van der Waals surface area contributed by atoms with Crippen LogP contribution in [0.2, 0.25) is 19.6 Å². The minimum atomic E-state index is -1.27. The van der Waals surface area contributed by atoms with E-state index in [0.717, 1.165) is 13.0 Å². The van der Waals surface area contributed by atoms with Gasteiger partial charge in [0.15, 0.2) is 8.32 Å². The van der Waals surface area contributed by atoms with Crippen LogP contribution in [-0.4, -0.2) is 14.9 Å². The lowest BCUT2D eigenvalue weighted by Gasteiger charge is -2.16. The Hall–Kier alpha value is -0.343. The van der Waals surface area contributed by atoms with E-state index in [-0.39, 0.29) is 0 Å². The third-order valence-electron chi connectivity index (χ3n) is 2.92. The van der Waals surface area contributed by atoms with Crippen LogP contribution in [0.4, 0.5) is 0 Å². The van der Waals surface area contributed by atoms with Gasteiger partial charge in [0.2, 0.25) is 0 Å². The lowest BCUT2D eigenvalue weighted by molar-refractivity contribution is 0.298. The van der Waals surface area contributed by atoms with Crippen molar-refractivity contribution >= 4 is 8.32 Å². The Morgan fingerprint density at radius 2 is 1.37 bits per heavy atom. The van der Waals surface area contributed by atoms with Crippen LogP contribution in [0.25, 0.3) is 0 Å². The molecular formula is C17H34OSi. The van der Waals surface area contributed by atoms with Crippen molar-refractivity contribution in [3.05, 3.63) is 24.3 Å². The van der Waals surface area contributed by atoms with Crippen LogP contribution in [0.3, 0.4) is 0 Å². The number of hydrogen-bond donors (Lipinski definition) is 0. The fourth-order valence-electron chi connectivity index (χ4n) is 1.84. The Balaban J connectivity index is 3.15. The third-order valence-corrected chi connectivity index (χ3v) is 3.99. The molecule has 0 bridgehead atoms. The van der Waals surface area contributed by atoms with Gasteiger partial charge in [-0.3, -0.25) is 0 Å². The van der Waals surface area contributed by atoms with Gasteiger partial charge in [0.05, 0.1) is 0 Å². The maximum absolute atomic E-state index is 5.84. The molecule has 0 saturated heterocycles. The van der Waals surface area contributed by atoms with Gasteiger partial charge in [-0.25, -0.2) is 0 Å². The van der Waals surface area contributed by atoms with Crippen molar-refractivity contribution in [2.75, 3.05) is 6.61 Å². The molecule has 0 saturated carbocycles. The van der Waals surface area contributed by atoms with Crippen molar-refractivity contribution in [1.82, 2.24) is 0 Å². The van der Waals surface area contributed by atoms with Crippen LogP contribution in [0.15, 0.2) is 24.3 Å². The zero-order valence-corrected chi connectivity index (χ0v) is 14.6. The molecule has 19 heavy (non-hydrogen) atoms. The molecule has 0 aromatic heterocycles. The first kappa shape index (κ1) is 18.7. The molecule has 0 aliphatic carbocycles. The van der Waals surface area contributed by atoms with Gasteiger partial charge in [-0.15, -0.1) is 0 Å². The Morgan fingerprint density at radius 1 is 0.789 bits per heavy atom. The molecule has 0 N–H and O–H groups in total. The van der Waals surface area contributed by atoms with Crippen molar-refractivity contribution in [2.24, 2.45) is 0 Å². The topological polar surface area (TPSA) is 9.23 Å². The van der Waals surface area contributed by atoms with E-state index < -0.39 is 8.32 Å². The summed E-state index contributed by atoms with van der Waals surface area (Å²) in [5.41, 5.74) is 0. The summed E-state index contributed by atoms with van der Waals surface area (Å²) in [5.74, 6) is 0. The molecule has 0 aromatic rings. The summed E-state index contributed by atoms with van der Waals surface area (Å²) in [6.07, 6.45) is 19.2. The van der Waals surface area contributed by atoms with Gasteiger partial charge in [-0.05, 0) is 45.3 Å². The minimum absolute atomic E-state index is 0.974. The minimum Gasteiger partial charge on any atom is -0.418 e. The molecule has 0 heterocycles. The number of allylic oxidation sites excluding steroid dienone is 4. The molecule has 0 fully saturated rings. The molecule has 0 aromatic carbocycles. The monoisotopic (exact) mass is 282 g/mol. The van der Waals surface area contributed by atoms with E-state index in [1.54, 1.807) is 0 Å². The van der Waals surface area contributed by atoms with E-state index in [9.17, 15) is 0 Å². The first-order valence-electron chi connectivity index (χ1n) is 8.02. The highest BCUT2D eigenvalue weighted by Gasteiger charge is 2.12. The summed E-state index contributed by atoms with van der Waals surface area (Å²) in [7, 11) is -1.27. The first-order valence-corrected chi connectivity index (χ1v) is 11.4. The maximum atomic E-state index is 5.84. The molecule has 0 atom stereocenters. The lowest BCUT2D eigenvalue weighted by Crippen LogP contribution is -2.25. The summed E-state index contributed by atoms with van der Waals surface area (Å²) in [4.78, 5) is 0. The SMILES string of the molecule is CC/C=C/C=C\CCCCCCCCO[Si](C)(C)C. The highest BCUT2D eigenvalue weighted by molar-refractivity contribution is 6.69.